The van der Waals surface area contributed by atoms with Gasteiger partial charge in [0.15, 0.2) is 6.10 Å². The highest BCUT2D eigenvalue weighted by Gasteiger charge is 2.19. The van der Waals surface area contributed by atoms with Crippen LogP contribution in [0.4, 0.5) is 0 Å². The van der Waals surface area contributed by atoms with Crippen LogP contribution in [0.15, 0.2) is 134 Å². The summed E-state index contributed by atoms with van der Waals surface area (Å²) in [7, 11) is 0. The van der Waals surface area contributed by atoms with Crippen molar-refractivity contribution in [3.8, 4) is 0 Å². The zero-order valence-corrected chi connectivity index (χ0v) is 47.1. The van der Waals surface area contributed by atoms with Crippen molar-refractivity contribution in [2.75, 3.05) is 13.2 Å². The number of esters is 3. The molecule has 0 aromatic carbocycles. The molecule has 6 heteroatoms. The average molecular weight is 1010 g/mol. The minimum absolute atomic E-state index is 0.118. The second-order valence-corrected chi connectivity index (χ2v) is 19.2. The van der Waals surface area contributed by atoms with Crippen LogP contribution in [0.3, 0.4) is 0 Å². The first kappa shape index (κ1) is 68.6. The molecule has 0 aliphatic carbocycles. The van der Waals surface area contributed by atoms with Gasteiger partial charge in [-0.2, -0.15) is 0 Å². The molecule has 0 aromatic heterocycles. The van der Waals surface area contributed by atoms with Crippen molar-refractivity contribution in [3.63, 3.8) is 0 Å². The third-order valence-electron chi connectivity index (χ3n) is 12.1. The van der Waals surface area contributed by atoms with E-state index in [0.29, 0.717) is 19.3 Å². The van der Waals surface area contributed by atoms with Gasteiger partial charge in [0, 0.05) is 19.3 Å². The number of hydrogen-bond acceptors (Lipinski definition) is 6. The van der Waals surface area contributed by atoms with Gasteiger partial charge in [-0.1, -0.05) is 238 Å². The number of rotatable bonds is 52. The second kappa shape index (κ2) is 60.1. The second-order valence-electron chi connectivity index (χ2n) is 19.2. The Kier molecular flexibility index (Phi) is 56.4. The number of allylic oxidation sites excluding steroid dienone is 22. The van der Waals surface area contributed by atoms with E-state index in [2.05, 4.69) is 154 Å². The van der Waals surface area contributed by atoms with Crippen molar-refractivity contribution in [1.82, 2.24) is 0 Å². The first-order valence-electron chi connectivity index (χ1n) is 29.7. The Morgan fingerprint density at radius 2 is 0.589 bits per heavy atom. The van der Waals surface area contributed by atoms with Crippen LogP contribution < -0.4 is 0 Å². The molecule has 1 atom stereocenters. The summed E-state index contributed by atoms with van der Waals surface area (Å²) in [6, 6.07) is 0. The molecule has 0 amide bonds. The minimum atomic E-state index is -0.822. The third-order valence-corrected chi connectivity index (χ3v) is 12.1. The van der Waals surface area contributed by atoms with Gasteiger partial charge in [0.1, 0.15) is 13.2 Å². The van der Waals surface area contributed by atoms with Gasteiger partial charge >= 0.3 is 17.9 Å². The summed E-state index contributed by atoms with van der Waals surface area (Å²) in [4.78, 5) is 38.2. The fourth-order valence-electron chi connectivity index (χ4n) is 7.69. The highest BCUT2D eigenvalue weighted by Crippen LogP contribution is 2.14. The van der Waals surface area contributed by atoms with E-state index in [1.807, 2.05) is 0 Å². The number of carbonyl (C=O) groups excluding carboxylic acids is 3. The van der Waals surface area contributed by atoms with E-state index in [0.717, 1.165) is 103 Å². The number of ether oxygens (including phenoxy) is 3. The van der Waals surface area contributed by atoms with E-state index < -0.39 is 6.10 Å². The molecule has 0 heterocycles. The first-order chi connectivity index (χ1) is 36.0. The zero-order chi connectivity index (χ0) is 52.9. The molecule has 0 radical (unpaired) electrons. The van der Waals surface area contributed by atoms with E-state index >= 15 is 0 Å². The van der Waals surface area contributed by atoms with Crippen LogP contribution >= 0.6 is 0 Å². The molecule has 0 rings (SSSR count). The molecule has 0 N–H and O–H groups in total. The molecule has 0 aliphatic heterocycles. The largest absolute Gasteiger partial charge is 0.462 e. The van der Waals surface area contributed by atoms with Crippen molar-refractivity contribution < 1.29 is 28.6 Å². The summed E-state index contributed by atoms with van der Waals surface area (Å²) in [6.07, 6.45) is 84.4. The van der Waals surface area contributed by atoms with Crippen molar-refractivity contribution in [2.45, 2.75) is 258 Å². The molecule has 0 bridgehead atoms. The van der Waals surface area contributed by atoms with Crippen LogP contribution in [-0.2, 0) is 28.6 Å². The molecular weight excluding hydrogens is 901 g/mol. The topological polar surface area (TPSA) is 78.9 Å². The van der Waals surface area contributed by atoms with E-state index in [1.54, 1.807) is 0 Å². The number of carbonyl (C=O) groups is 3. The Hall–Kier alpha value is -4.45. The lowest BCUT2D eigenvalue weighted by Gasteiger charge is -2.18. The smallest absolute Gasteiger partial charge is 0.306 e. The number of hydrogen-bond donors (Lipinski definition) is 0. The molecular formula is C67H108O6. The summed E-state index contributed by atoms with van der Waals surface area (Å²) in [6.45, 7) is 6.39. The lowest BCUT2D eigenvalue weighted by Crippen LogP contribution is -2.30. The summed E-state index contributed by atoms with van der Waals surface area (Å²) >= 11 is 0. The monoisotopic (exact) mass is 1010 g/mol. The summed E-state index contributed by atoms with van der Waals surface area (Å²) in [5, 5.41) is 0. The Morgan fingerprint density at radius 3 is 0.986 bits per heavy atom. The van der Waals surface area contributed by atoms with Crippen LogP contribution in [0.1, 0.15) is 252 Å². The molecule has 0 aliphatic rings. The Balaban J connectivity index is 4.55. The molecule has 0 fully saturated rings. The highest BCUT2D eigenvalue weighted by atomic mass is 16.6. The fraction of sp³-hybridized carbons (Fsp3) is 0.627. The maximum atomic E-state index is 12.9. The molecule has 0 saturated heterocycles. The Labute approximate surface area is 449 Å². The van der Waals surface area contributed by atoms with Crippen LogP contribution in [-0.4, -0.2) is 37.2 Å². The van der Waals surface area contributed by atoms with Crippen LogP contribution in [0.25, 0.3) is 0 Å². The van der Waals surface area contributed by atoms with Crippen molar-refractivity contribution in [2.24, 2.45) is 0 Å². The molecule has 412 valence electrons. The SMILES string of the molecule is CC/C=C\C/C=C\C/C=C\C/C=C\C/C=C\CCCCCC(=O)OCC(COC(=O)CCC/C=C\C/C=C\C/C=C\C/C=C\CCCCC)OC(=O)CCCCCCCCCCCC/C=C\C=C/CCCCC. The molecule has 0 saturated carbocycles. The molecule has 0 spiro atoms. The molecule has 1 unspecified atom stereocenters. The van der Waals surface area contributed by atoms with Crippen LogP contribution in [0.2, 0.25) is 0 Å². The van der Waals surface area contributed by atoms with Crippen LogP contribution in [0, 0.1) is 0 Å². The van der Waals surface area contributed by atoms with E-state index in [4.69, 9.17) is 14.2 Å². The molecule has 6 nitrogen and oxygen atoms in total. The minimum Gasteiger partial charge on any atom is -0.462 e. The van der Waals surface area contributed by atoms with E-state index in [9.17, 15) is 14.4 Å². The van der Waals surface area contributed by atoms with Crippen LogP contribution in [0.5, 0.6) is 0 Å². The first-order valence-corrected chi connectivity index (χ1v) is 29.7. The van der Waals surface area contributed by atoms with Gasteiger partial charge in [-0.25, -0.2) is 0 Å². The molecule has 73 heavy (non-hydrogen) atoms. The van der Waals surface area contributed by atoms with Gasteiger partial charge < -0.3 is 14.2 Å². The zero-order valence-electron chi connectivity index (χ0n) is 47.1. The summed E-state index contributed by atoms with van der Waals surface area (Å²) in [5.74, 6) is -1.01. The lowest BCUT2D eigenvalue weighted by atomic mass is 10.1. The average Bonchev–Trinajstić information content (AvgIpc) is 3.39. The van der Waals surface area contributed by atoms with Gasteiger partial charge in [-0.3, -0.25) is 14.4 Å². The lowest BCUT2D eigenvalue weighted by molar-refractivity contribution is -0.167. The van der Waals surface area contributed by atoms with E-state index in [1.165, 1.54) is 103 Å². The quantitative estimate of drug-likeness (QED) is 0.0199. The molecule has 0 aromatic rings. The fourth-order valence-corrected chi connectivity index (χ4v) is 7.69. The van der Waals surface area contributed by atoms with Crippen molar-refractivity contribution >= 4 is 17.9 Å². The van der Waals surface area contributed by atoms with E-state index in [-0.39, 0.29) is 37.5 Å². The maximum Gasteiger partial charge on any atom is 0.306 e. The normalized spacial score (nSPS) is 13.1. The van der Waals surface area contributed by atoms with Gasteiger partial charge in [0.2, 0.25) is 0 Å². The third kappa shape index (κ3) is 58.3. The van der Waals surface area contributed by atoms with Gasteiger partial charge in [-0.15, -0.1) is 0 Å². The Bertz CT molecular complexity index is 1580. The maximum absolute atomic E-state index is 12.9. The summed E-state index contributed by atoms with van der Waals surface area (Å²) in [5.41, 5.74) is 0. The number of unbranched alkanes of at least 4 members (excludes halogenated alkanes) is 20. The van der Waals surface area contributed by atoms with Gasteiger partial charge in [0.05, 0.1) is 0 Å². The highest BCUT2D eigenvalue weighted by molar-refractivity contribution is 5.71. The Morgan fingerprint density at radius 1 is 0.301 bits per heavy atom. The predicted octanol–water partition coefficient (Wildman–Crippen LogP) is 20.2. The predicted molar refractivity (Wildman–Crippen MR) is 316 cm³/mol. The standard InChI is InChI=1S/C67H108O6/c1-4-7-10-13-16-19-22-25-28-31-33-36-39-42-45-48-51-54-57-60-66(69)72-63-64(62-71-65(68)59-56-53-50-47-44-41-38-35-30-27-24-21-18-15-12-9-6-3)73-67(70)61-58-55-52-49-46-43-40-37-34-32-29-26-23-20-17-14-11-8-5-2/h7,10,16-21,23,25-28,30,33,36,38,41-42,45,47,50,64H,4-6,8-9,11-15,22,24,29,31-32,34-35,37,39-40,43-44,46,48-49,51-63H2,1-3H3/b10-7-,19-16-,20-17-,21-18-,26-23-,28-25-,30-27-,36-33-,41-38-,45-42-,50-47-. The van der Waals surface area contributed by atoms with Crippen molar-refractivity contribution in [1.29, 1.82) is 0 Å². The van der Waals surface area contributed by atoms with Gasteiger partial charge in [0.25, 0.3) is 0 Å². The van der Waals surface area contributed by atoms with Gasteiger partial charge in [-0.05, 0) is 128 Å². The van der Waals surface area contributed by atoms with Crippen molar-refractivity contribution in [3.05, 3.63) is 134 Å². The summed E-state index contributed by atoms with van der Waals surface area (Å²) < 4.78 is 16.8.